The first-order valence-electron chi connectivity index (χ1n) is 10.1. The Labute approximate surface area is 186 Å². The molecule has 1 aliphatic carbocycles. The molecular weight excluding hydrogens is 415 g/mol. The Bertz CT molecular complexity index is 1260. The number of ketones is 1. The van der Waals surface area contributed by atoms with Gasteiger partial charge in [-0.05, 0) is 54.2 Å². The summed E-state index contributed by atoms with van der Waals surface area (Å²) in [5.74, 6) is -0.114. The van der Waals surface area contributed by atoms with Crippen LogP contribution in [0.4, 0.5) is 5.69 Å². The molecule has 1 aromatic heterocycles. The van der Waals surface area contributed by atoms with E-state index in [2.05, 4.69) is 31.3 Å². The maximum absolute atomic E-state index is 13.4. The maximum Gasteiger partial charge on any atom is 0.162 e. The number of hydrogen-bond donors (Lipinski definition) is 1. The van der Waals surface area contributed by atoms with Crippen molar-refractivity contribution in [1.82, 2.24) is 4.98 Å². The predicted octanol–water partition coefficient (Wildman–Crippen LogP) is 7.05. The second kappa shape index (κ2) is 6.83. The zero-order valence-corrected chi connectivity index (χ0v) is 18.7. The lowest BCUT2D eigenvalue weighted by atomic mass is 9.68. The standard InChI is InChI=1S/C25H22Cl2N2O/c1-13-7-8-14-17(28-13)9-10-18-21(14)22(15-5-4-6-16(26)24(15)27)23-19(29-18)11-25(2,3)12-20(23)30/h4-10,22,29H,11-12H2,1-3H3/t22-/m0/s1. The van der Waals surface area contributed by atoms with Gasteiger partial charge in [0.1, 0.15) is 0 Å². The Kier molecular flexibility index (Phi) is 4.46. The molecule has 152 valence electrons. The van der Waals surface area contributed by atoms with E-state index in [-0.39, 0.29) is 17.1 Å². The van der Waals surface area contributed by atoms with Gasteiger partial charge in [0.25, 0.3) is 0 Å². The summed E-state index contributed by atoms with van der Waals surface area (Å²) in [6.45, 7) is 6.26. The largest absolute Gasteiger partial charge is 0.358 e. The Morgan fingerprint density at radius 2 is 1.87 bits per heavy atom. The molecule has 1 N–H and O–H groups in total. The third-order valence-corrected chi connectivity index (χ3v) is 6.96. The number of pyridine rings is 1. The van der Waals surface area contributed by atoms with Gasteiger partial charge in [-0.1, -0.05) is 55.2 Å². The van der Waals surface area contributed by atoms with E-state index in [9.17, 15) is 4.79 Å². The summed E-state index contributed by atoms with van der Waals surface area (Å²) in [6, 6.07) is 13.9. The number of nitrogens with zero attached hydrogens (tertiary/aromatic N) is 1. The molecule has 5 heteroatoms. The van der Waals surface area contributed by atoms with Gasteiger partial charge >= 0.3 is 0 Å². The van der Waals surface area contributed by atoms with E-state index in [1.807, 2.05) is 31.2 Å². The number of aryl methyl sites for hydroxylation is 1. The number of hydrogen-bond acceptors (Lipinski definition) is 3. The lowest BCUT2D eigenvalue weighted by molar-refractivity contribution is -0.118. The van der Waals surface area contributed by atoms with Crippen molar-refractivity contribution < 1.29 is 4.79 Å². The van der Waals surface area contributed by atoms with Crippen LogP contribution in [0.3, 0.4) is 0 Å². The molecule has 0 fully saturated rings. The van der Waals surface area contributed by atoms with Crippen LogP contribution in [-0.2, 0) is 4.79 Å². The van der Waals surface area contributed by atoms with Crippen molar-refractivity contribution in [2.45, 2.75) is 39.5 Å². The van der Waals surface area contributed by atoms with Crippen molar-refractivity contribution in [3.8, 4) is 0 Å². The monoisotopic (exact) mass is 436 g/mol. The normalized spacial score (nSPS) is 20.0. The molecule has 3 aromatic rings. The highest BCUT2D eigenvalue weighted by atomic mass is 35.5. The molecule has 0 amide bonds. The van der Waals surface area contributed by atoms with Crippen LogP contribution in [0.25, 0.3) is 10.9 Å². The van der Waals surface area contributed by atoms with Crippen LogP contribution in [0, 0.1) is 12.3 Å². The van der Waals surface area contributed by atoms with E-state index in [1.54, 1.807) is 6.07 Å². The van der Waals surface area contributed by atoms with Gasteiger partial charge in [-0.25, -0.2) is 0 Å². The smallest absolute Gasteiger partial charge is 0.162 e. The zero-order chi connectivity index (χ0) is 21.2. The second-order valence-corrected chi connectivity index (χ2v) is 9.87. The number of carbonyl (C=O) groups excluding carboxylic acids is 1. The lowest BCUT2D eigenvalue weighted by Gasteiger charge is -2.40. The minimum atomic E-state index is -0.278. The first kappa shape index (κ1) is 19.6. The molecule has 30 heavy (non-hydrogen) atoms. The lowest BCUT2D eigenvalue weighted by Crippen LogP contribution is -2.34. The van der Waals surface area contributed by atoms with Crippen molar-refractivity contribution >= 4 is 45.6 Å². The summed E-state index contributed by atoms with van der Waals surface area (Å²) in [4.78, 5) is 18.1. The van der Waals surface area contributed by atoms with Crippen molar-refractivity contribution in [3.05, 3.63) is 80.6 Å². The highest BCUT2D eigenvalue weighted by Crippen LogP contribution is 2.52. The Hall–Kier alpha value is -2.36. The molecule has 0 saturated heterocycles. The fourth-order valence-corrected chi connectivity index (χ4v) is 5.31. The average molecular weight is 437 g/mol. The van der Waals surface area contributed by atoms with Gasteiger partial charge in [-0.2, -0.15) is 0 Å². The van der Waals surface area contributed by atoms with Gasteiger partial charge in [0.05, 0.1) is 15.6 Å². The molecule has 0 bridgehead atoms. The van der Waals surface area contributed by atoms with Gasteiger partial charge in [-0.15, -0.1) is 0 Å². The molecular formula is C25H22Cl2N2O. The van der Waals surface area contributed by atoms with Gasteiger partial charge in [0.15, 0.2) is 5.78 Å². The fraction of sp³-hybridized carbons (Fsp3) is 0.280. The SMILES string of the molecule is Cc1ccc2c3c(ccc2n1)NC1=C(C(=O)CC(C)(C)C1)[C@H]3c1cccc(Cl)c1Cl. The van der Waals surface area contributed by atoms with Crippen LogP contribution in [0.1, 0.15) is 49.4 Å². The molecule has 0 unspecified atom stereocenters. The number of carbonyl (C=O) groups is 1. The van der Waals surface area contributed by atoms with E-state index in [0.29, 0.717) is 16.5 Å². The van der Waals surface area contributed by atoms with Crippen LogP contribution in [-0.4, -0.2) is 10.8 Å². The molecule has 2 heterocycles. The summed E-state index contributed by atoms with van der Waals surface area (Å²) in [5, 5.41) is 5.60. The summed E-state index contributed by atoms with van der Waals surface area (Å²) in [6.07, 6.45) is 1.33. The Morgan fingerprint density at radius 1 is 1.07 bits per heavy atom. The molecule has 0 saturated carbocycles. The first-order chi connectivity index (χ1) is 14.2. The molecule has 1 aliphatic heterocycles. The van der Waals surface area contributed by atoms with Crippen LogP contribution in [0.15, 0.2) is 53.7 Å². The summed E-state index contributed by atoms with van der Waals surface area (Å²) in [7, 11) is 0. The zero-order valence-electron chi connectivity index (χ0n) is 17.1. The highest BCUT2D eigenvalue weighted by Gasteiger charge is 2.42. The van der Waals surface area contributed by atoms with Gasteiger partial charge in [-0.3, -0.25) is 9.78 Å². The van der Waals surface area contributed by atoms with Crippen LogP contribution < -0.4 is 5.32 Å². The van der Waals surface area contributed by atoms with Crippen molar-refractivity contribution in [2.75, 3.05) is 5.32 Å². The molecule has 2 aliphatic rings. The maximum atomic E-state index is 13.4. The van der Waals surface area contributed by atoms with Gasteiger partial charge < -0.3 is 5.32 Å². The minimum absolute atomic E-state index is 0.0847. The Morgan fingerprint density at radius 3 is 2.67 bits per heavy atom. The number of fused-ring (bicyclic) bond motifs is 3. The number of benzene rings is 2. The van der Waals surface area contributed by atoms with Crippen LogP contribution >= 0.6 is 23.2 Å². The van der Waals surface area contributed by atoms with Crippen LogP contribution in [0.5, 0.6) is 0 Å². The third-order valence-electron chi connectivity index (χ3n) is 6.13. The third kappa shape index (κ3) is 3.03. The Balaban J connectivity index is 1.85. The quantitative estimate of drug-likeness (QED) is 0.444. The number of rotatable bonds is 1. The van der Waals surface area contributed by atoms with Crippen molar-refractivity contribution in [1.29, 1.82) is 0 Å². The van der Waals surface area contributed by atoms with E-state index in [0.717, 1.165) is 51.1 Å². The van der Waals surface area contributed by atoms with Crippen molar-refractivity contribution in [2.24, 2.45) is 5.41 Å². The minimum Gasteiger partial charge on any atom is -0.358 e. The number of anilines is 1. The molecule has 0 spiro atoms. The van der Waals surface area contributed by atoms with E-state index >= 15 is 0 Å². The first-order valence-corrected chi connectivity index (χ1v) is 10.9. The van der Waals surface area contributed by atoms with Gasteiger partial charge in [0, 0.05) is 40.4 Å². The average Bonchev–Trinajstić information content (AvgIpc) is 2.67. The predicted molar refractivity (Wildman–Crippen MR) is 123 cm³/mol. The fourth-order valence-electron chi connectivity index (χ4n) is 4.89. The highest BCUT2D eigenvalue weighted by molar-refractivity contribution is 6.42. The van der Waals surface area contributed by atoms with E-state index in [4.69, 9.17) is 28.2 Å². The van der Waals surface area contributed by atoms with E-state index in [1.165, 1.54) is 0 Å². The number of allylic oxidation sites excluding steroid dienone is 2. The molecule has 3 nitrogen and oxygen atoms in total. The number of Topliss-reactive ketones (excluding diaryl/α,β-unsaturated/α-hetero) is 1. The molecule has 1 atom stereocenters. The topological polar surface area (TPSA) is 42.0 Å². The van der Waals surface area contributed by atoms with Crippen LogP contribution in [0.2, 0.25) is 10.0 Å². The summed E-state index contributed by atoms with van der Waals surface area (Å²) in [5.41, 5.74) is 6.47. The van der Waals surface area contributed by atoms with Gasteiger partial charge in [0.2, 0.25) is 0 Å². The number of aromatic nitrogens is 1. The summed E-state index contributed by atoms with van der Waals surface area (Å²) >= 11 is 13.1. The molecule has 2 aromatic carbocycles. The van der Waals surface area contributed by atoms with Crippen molar-refractivity contribution in [3.63, 3.8) is 0 Å². The van der Waals surface area contributed by atoms with E-state index < -0.39 is 0 Å². The molecule has 0 radical (unpaired) electrons. The molecule has 5 rings (SSSR count). The number of halogens is 2. The number of nitrogens with one attached hydrogen (secondary N) is 1. The summed E-state index contributed by atoms with van der Waals surface area (Å²) < 4.78 is 0. The second-order valence-electron chi connectivity index (χ2n) is 9.08.